The SMILES string of the molecule is [c]1nc(-c2ccon2)c2ccccc2n1. The Morgan fingerprint density at radius 1 is 1.07 bits per heavy atom. The lowest BCUT2D eigenvalue weighted by Gasteiger charge is -1.99. The summed E-state index contributed by atoms with van der Waals surface area (Å²) in [5, 5.41) is 4.80. The molecular formula is C11H6N3O. The Hall–Kier alpha value is -2.23. The van der Waals surface area contributed by atoms with E-state index >= 15 is 0 Å². The maximum atomic E-state index is 4.79. The first kappa shape index (κ1) is 8.11. The van der Waals surface area contributed by atoms with Crippen molar-refractivity contribution < 1.29 is 4.52 Å². The van der Waals surface area contributed by atoms with E-state index < -0.39 is 0 Å². The smallest absolute Gasteiger partial charge is 0.199 e. The van der Waals surface area contributed by atoms with Crippen LogP contribution in [0.15, 0.2) is 41.1 Å². The number of fused-ring (bicyclic) bond motifs is 1. The molecule has 4 heteroatoms. The molecule has 1 aromatic carbocycles. The second kappa shape index (κ2) is 3.16. The molecule has 15 heavy (non-hydrogen) atoms. The van der Waals surface area contributed by atoms with Gasteiger partial charge in [0.1, 0.15) is 17.7 Å². The second-order valence-electron chi connectivity index (χ2n) is 3.07. The summed E-state index contributed by atoms with van der Waals surface area (Å²) in [4.78, 5) is 8.15. The lowest BCUT2D eigenvalue weighted by atomic mass is 10.1. The first-order chi connectivity index (χ1) is 7.45. The van der Waals surface area contributed by atoms with Crippen molar-refractivity contribution in [3.63, 3.8) is 0 Å². The molecule has 2 heterocycles. The van der Waals surface area contributed by atoms with E-state index in [1.807, 2.05) is 24.3 Å². The maximum Gasteiger partial charge on any atom is 0.199 e. The number of hydrogen-bond donors (Lipinski definition) is 0. The van der Waals surface area contributed by atoms with Gasteiger partial charge in [0, 0.05) is 11.5 Å². The molecule has 0 bridgehead atoms. The third-order valence-corrected chi connectivity index (χ3v) is 2.17. The molecule has 0 saturated heterocycles. The van der Waals surface area contributed by atoms with Gasteiger partial charge in [0.15, 0.2) is 6.33 Å². The van der Waals surface area contributed by atoms with Gasteiger partial charge < -0.3 is 4.52 Å². The Morgan fingerprint density at radius 2 is 2.00 bits per heavy atom. The van der Waals surface area contributed by atoms with Crippen LogP contribution >= 0.6 is 0 Å². The summed E-state index contributed by atoms with van der Waals surface area (Å²) in [5.74, 6) is 0. The van der Waals surface area contributed by atoms with Crippen molar-refractivity contribution in [2.45, 2.75) is 0 Å². The standard InChI is InChI=1S/C11H6N3O/c1-2-4-9-8(3-1)11(13-7-12-9)10-5-6-15-14-10/h1-6H. The highest BCUT2D eigenvalue weighted by Crippen LogP contribution is 2.22. The molecule has 0 spiro atoms. The topological polar surface area (TPSA) is 51.8 Å². The zero-order chi connectivity index (χ0) is 10.1. The van der Waals surface area contributed by atoms with Crippen molar-refractivity contribution in [1.29, 1.82) is 0 Å². The summed E-state index contributed by atoms with van der Waals surface area (Å²) in [6.45, 7) is 0. The van der Waals surface area contributed by atoms with Crippen LogP contribution in [-0.4, -0.2) is 15.1 Å². The zero-order valence-corrected chi connectivity index (χ0v) is 7.71. The van der Waals surface area contributed by atoms with Crippen LogP contribution in [0.5, 0.6) is 0 Å². The molecule has 0 fully saturated rings. The maximum absolute atomic E-state index is 4.79. The Morgan fingerprint density at radius 3 is 2.87 bits per heavy atom. The van der Waals surface area contributed by atoms with Crippen LogP contribution in [0.4, 0.5) is 0 Å². The van der Waals surface area contributed by atoms with Gasteiger partial charge in [-0.05, 0) is 6.07 Å². The molecule has 0 amide bonds. The highest BCUT2D eigenvalue weighted by molar-refractivity contribution is 5.90. The van der Waals surface area contributed by atoms with Crippen LogP contribution < -0.4 is 0 Å². The number of para-hydroxylation sites is 1. The van der Waals surface area contributed by atoms with Crippen LogP contribution in [0.3, 0.4) is 0 Å². The molecule has 0 aliphatic heterocycles. The average molecular weight is 196 g/mol. The summed E-state index contributed by atoms with van der Waals surface area (Å²) in [6.07, 6.45) is 4.13. The number of nitrogens with zero attached hydrogens (tertiary/aromatic N) is 3. The van der Waals surface area contributed by atoms with E-state index in [2.05, 4.69) is 21.5 Å². The van der Waals surface area contributed by atoms with Crippen LogP contribution in [0, 0.1) is 6.33 Å². The normalized spacial score (nSPS) is 10.7. The van der Waals surface area contributed by atoms with Crippen molar-refractivity contribution in [3.05, 3.63) is 42.9 Å². The molecular weight excluding hydrogens is 190 g/mol. The van der Waals surface area contributed by atoms with Crippen molar-refractivity contribution in [1.82, 2.24) is 15.1 Å². The molecule has 0 N–H and O–H groups in total. The monoisotopic (exact) mass is 196 g/mol. The van der Waals surface area contributed by atoms with E-state index in [1.165, 1.54) is 6.26 Å². The molecule has 4 nitrogen and oxygen atoms in total. The Bertz CT molecular complexity index is 584. The summed E-state index contributed by atoms with van der Waals surface area (Å²) in [7, 11) is 0. The minimum atomic E-state index is 0.699. The fraction of sp³-hybridized carbons (Fsp3) is 0. The molecule has 1 radical (unpaired) electrons. The number of benzene rings is 1. The first-order valence-electron chi connectivity index (χ1n) is 4.49. The van der Waals surface area contributed by atoms with E-state index in [0.717, 1.165) is 16.6 Å². The van der Waals surface area contributed by atoms with Gasteiger partial charge in [0.25, 0.3) is 0 Å². The van der Waals surface area contributed by atoms with Gasteiger partial charge in [0.05, 0.1) is 5.52 Å². The van der Waals surface area contributed by atoms with Crippen LogP contribution in [0.1, 0.15) is 0 Å². The van der Waals surface area contributed by atoms with E-state index in [-0.39, 0.29) is 0 Å². The van der Waals surface area contributed by atoms with E-state index in [1.54, 1.807) is 6.07 Å². The van der Waals surface area contributed by atoms with Gasteiger partial charge >= 0.3 is 0 Å². The van der Waals surface area contributed by atoms with Gasteiger partial charge in [-0.2, -0.15) is 0 Å². The van der Waals surface area contributed by atoms with Crippen molar-refractivity contribution >= 4 is 10.9 Å². The van der Waals surface area contributed by atoms with E-state index in [9.17, 15) is 0 Å². The number of aromatic nitrogens is 3. The molecule has 3 aromatic rings. The Balaban J connectivity index is 2.36. The van der Waals surface area contributed by atoms with Gasteiger partial charge in [-0.3, -0.25) is 0 Å². The van der Waals surface area contributed by atoms with Gasteiger partial charge in [-0.15, -0.1) is 0 Å². The quantitative estimate of drug-likeness (QED) is 0.598. The zero-order valence-electron chi connectivity index (χ0n) is 7.71. The molecule has 71 valence electrons. The molecule has 3 rings (SSSR count). The first-order valence-corrected chi connectivity index (χ1v) is 4.49. The fourth-order valence-corrected chi connectivity index (χ4v) is 1.49. The molecule has 2 aromatic heterocycles. The molecule has 0 aliphatic carbocycles. The van der Waals surface area contributed by atoms with Crippen LogP contribution in [0.2, 0.25) is 0 Å². The van der Waals surface area contributed by atoms with Crippen LogP contribution in [-0.2, 0) is 0 Å². The van der Waals surface area contributed by atoms with E-state index in [0.29, 0.717) is 5.69 Å². The van der Waals surface area contributed by atoms with Crippen molar-refractivity contribution in [2.75, 3.05) is 0 Å². The van der Waals surface area contributed by atoms with Gasteiger partial charge in [-0.1, -0.05) is 23.4 Å². The third kappa shape index (κ3) is 1.27. The third-order valence-electron chi connectivity index (χ3n) is 2.17. The van der Waals surface area contributed by atoms with Crippen molar-refractivity contribution in [2.24, 2.45) is 0 Å². The molecule has 0 atom stereocenters. The lowest BCUT2D eigenvalue weighted by Crippen LogP contribution is -1.88. The summed E-state index contributed by atoms with van der Waals surface area (Å²) in [6, 6.07) is 9.50. The summed E-state index contributed by atoms with van der Waals surface area (Å²) in [5.41, 5.74) is 2.30. The Kier molecular flexibility index (Phi) is 1.71. The van der Waals surface area contributed by atoms with Crippen LogP contribution in [0.25, 0.3) is 22.3 Å². The van der Waals surface area contributed by atoms with E-state index in [4.69, 9.17) is 4.52 Å². The predicted molar refractivity (Wildman–Crippen MR) is 53.9 cm³/mol. The Labute approximate surface area is 85.6 Å². The summed E-state index contributed by atoms with van der Waals surface area (Å²) < 4.78 is 4.79. The largest absolute Gasteiger partial charge is 0.364 e. The highest BCUT2D eigenvalue weighted by atomic mass is 16.5. The van der Waals surface area contributed by atoms with Gasteiger partial charge in [0.2, 0.25) is 0 Å². The fourth-order valence-electron chi connectivity index (χ4n) is 1.49. The summed E-state index contributed by atoms with van der Waals surface area (Å²) >= 11 is 0. The minimum Gasteiger partial charge on any atom is -0.364 e. The lowest BCUT2D eigenvalue weighted by molar-refractivity contribution is 0.422. The average Bonchev–Trinajstić information content (AvgIpc) is 2.82. The molecule has 0 aliphatic rings. The number of rotatable bonds is 1. The van der Waals surface area contributed by atoms with Gasteiger partial charge in [-0.25, -0.2) is 9.97 Å². The number of hydrogen-bond acceptors (Lipinski definition) is 4. The molecule has 0 saturated carbocycles. The second-order valence-corrected chi connectivity index (χ2v) is 3.07. The highest BCUT2D eigenvalue weighted by Gasteiger charge is 2.07. The minimum absolute atomic E-state index is 0.699. The molecule has 0 unspecified atom stereocenters. The predicted octanol–water partition coefficient (Wildman–Crippen LogP) is 2.08. The van der Waals surface area contributed by atoms with Crippen molar-refractivity contribution in [3.8, 4) is 11.4 Å².